The molecule has 0 amide bonds. The van der Waals surface area contributed by atoms with Gasteiger partial charge in [-0.2, -0.15) is 0 Å². The second-order valence-electron chi connectivity index (χ2n) is 5.22. The van der Waals surface area contributed by atoms with Gasteiger partial charge < -0.3 is 5.32 Å². The van der Waals surface area contributed by atoms with E-state index in [2.05, 4.69) is 36.5 Å². The Balaban J connectivity index is 1.74. The Morgan fingerprint density at radius 3 is 2.33 bits per heavy atom. The second-order valence-corrected chi connectivity index (χ2v) is 5.22. The van der Waals surface area contributed by atoms with Gasteiger partial charge in [0.25, 0.3) is 5.69 Å². The number of nitrogens with one attached hydrogen (secondary N) is 1. The molecule has 0 saturated carbocycles. The maximum Gasteiger partial charge on any atom is 0.269 e. The molecule has 1 N–H and O–H groups in total. The molecule has 0 saturated heterocycles. The number of nitro benzene ring substituents is 1. The van der Waals surface area contributed by atoms with Crippen molar-refractivity contribution in [3.8, 4) is 0 Å². The Bertz CT molecular complexity index is 567. The highest BCUT2D eigenvalue weighted by Crippen LogP contribution is 2.12. The molecule has 2 aromatic carbocycles. The van der Waals surface area contributed by atoms with Crippen molar-refractivity contribution in [2.45, 2.75) is 25.8 Å². The van der Waals surface area contributed by atoms with Crippen LogP contribution < -0.4 is 5.32 Å². The highest BCUT2D eigenvalue weighted by Gasteiger charge is 2.05. The third-order valence-corrected chi connectivity index (χ3v) is 3.44. The standard InChI is InChI=1S/C17H20N2O2/c1-14(13-16-5-3-2-4-6-16)18-12-11-15-7-9-17(10-8-15)19(20)21/h2-10,14,18H,11-13H2,1H3. The van der Waals surface area contributed by atoms with E-state index in [1.807, 2.05) is 18.2 Å². The first-order chi connectivity index (χ1) is 10.1. The van der Waals surface area contributed by atoms with Gasteiger partial charge in [-0.25, -0.2) is 0 Å². The quantitative estimate of drug-likeness (QED) is 0.626. The predicted molar refractivity (Wildman–Crippen MR) is 84.4 cm³/mol. The van der Waals surface area contributed by atoms with Gasteiger partial charge in [0.05, 0.1) is 4.92 Å². The van der Waals surface area contributed by atoms with Crippen LogP contribution in [0.3, 0.4) is 0 Å². The molecular weight excluding hydrogens is 264 g/mol. The lowest BCUT2D eigenvalue weighted by Gasteiger charge is -2.13. The van der Waals surface area contributed by atoms with E-state index < -0.39 is 0 Å². The van der Waals surface area contributed by atoms with Crippen molar-refractivity contribution in [2.75, 3.05) is 6.54 Å². The zero-order chi connectivity index (χ0) is 15.1. The Hall–Kier alpha value is -2.20. The van der Waals surface area contributed by atoms with Crippen molar-refractivity contribution in [1.29, 1.82) is 0 Å². The first-order valence-corrected chi connectivity index (χ1v) is 7.16. The van der Waals surface area contributed by atoms with E-state index in [9.17, 15) is 10.1 Å². The van der Waals surface area contributed by atoms with Crippen molar-refractivity contribution in [3.05, 3.63) is 75.8 Å². The summed E-state index contributed by atoms with van der Waals surface area (Å²) in [6.45, 7) is 3.04. The number of non-ortho nitro benzene ring substituents is 1. The Morgan fingerprint density at radius 2 is 1.71 bits per heavy atom. The minimum absolute atomic E-state index is 0.143. The van der Waals surface area contributed by atoms with E-state index in [4.69, 9.17) is 0 Å². The SMILES string of the molecule is CC(Cc1ccccc1)NCCc1ccc([N+](=O)[O-])cc1. The topological polar surface area (TPSA) is 55.2 Å². The fraction of sp³-hybridized carbons (Fsp3) is 0.294. The molecule has 0 heterocycles. The molecule has 4 heteroatoms. The summed E-state index contributed by atoms with van der Waals surface area (Å²) in [5, 5.41) is 14.1. The average molecular weight is 284 g/mol. The van der Waals surface area contributed by atoms with Crippen LogP contribution in [0.2, 0.25) is 0 Å². The van der Waals surface area contributed by atoms with E-state index >= 15 is 0 Å². The largest absolute Gasteiger partial charge is 0.314 e. The fourth-order valence-electron chi connectivity index (χ4n) is 2.29. The molecule has 2 aromatic rings. The number of benzene rings is 2. The summed E-state index contributed by atoms with van der Waals surface area (Å²) >= 11 is 0. The minimum Gasteiger partial charge on any atom is -0.314 e. The van der Waals surface area contributed by atoms with Crippen molar-refractivity contribution in [1.82, 2.24) is 5.32 Å². The van der Waals surface area contributed by atoms with Gasteiger partial charge in [-0.3, -0.25) is 10.1 Å². The smallest absolute Gasteiger partial charge is 0.269 e. The number of nitro groups is 1. The Morgan fingerprint density at radius 1 is 1.05 bits per heavy atom. The Labute approximate surface area is 125 Å². The second kappa shape index (κ2) is 7.55. The van der Waals surface area contributed by atoms with Crippen LogP contribution in [0.15, 0.2) is 54.6 Å². The van der Waals surface area contributed by atoms with Gasteiger partial charge in [0, 0.05) is 18.2 Å². The summed E-state index contributed by atoms with van der Waals surface area (Å²) < 4.78 is 0. The lowest BCUT2D eigenvalue weighted by molar-refractivity contribution is -0.384. The zero-order valence-electron chi connectivity index (χ0n) is 12.2. The van der Waals surface area contributed by atoms with Crippen molar-refractivity contribution >= 4 is 5.69 Å². The summed E-state index contributed by atoms with van der Waals surface area (Å²) in [5.41, 5.74) is 2.58. The van der Waals surface area contributed by atoms with E-state index in [0.717, 1.165) is 24.9 Å². The number of hydrogen-bond donors (Lipinski definition) is 1. The highest BCUT2D eigenvalue weighted by atomic mass is 16.6. The van der Waals surface area contributed by atoms with E-state index in [-0.39, 0.29) is 10.6 Å². The highest BCUT2D eigenvalue weighted by molar-refractivity contribution is 5.32. The van der Waals surface area contributed by atoms with E-state index in [0.29, 0.717) is 6.04 Å². The molecule has 1 atom stereocenters. The molecule has 0 aliphatic rings. The van der Waals surface area contributed by atoms with Crippen LogP contribution in [0, 0.1) is 10.1 Å². The summed E-state index contributed by atoms with van der Waals surface area (Å²) in [6, 6.07) is 17.6. The minimum atomic E-state index is -0.371. The van der Waals surface area contributed by atoms with Crippen molar-refractivity contribution in [3.63, 3.8) is 0 Å². The van der Waals surface area contributed by atoms with Crippen LogP contribution in [0.25, 0.3) is 0 Å². The molecule has 2 rings (SSSR count). The fourth-order valence-corrected chi connectivity index (χ4v) is 2.29. The van der Waals surface area contributed by atoms with Crippen LogP contribution in [0.5, 0.6) is 0 Å². The van der Waals surface area contributed by atoms with Crippen LogP contribution in [-0.4, -0.2) is 17.5 Å². The monoisotopic (exact) mass is 284 g/mol. The molecule has 0 spiro atoms. The third-order valence-electron chi connectivity index (χ3n) is 3.44. The van der Waals surface area contributed by atoms with Gasteiger partial charge in [0.15, 0.2) is 0 Å². The number of rotatable bonds is 7. The average Bonchev–Trinajstić information content (AvgIpc) is 2.49. The van der Waals surface area contributed by atoms with Gasteiger partial charge in [-0.15, -0.1) is 0 Å². The molecule has 0 aromatic heterocycles. The molecule has 0 radical (unpaired) electrons. The third kappa shape index (κ3) is 5.00. The van der Waals surface area contributed by atoms with Crippen LogP contribution in [-0.2, 0) is 12.8 Å². The van der Waals surface area contributed by atoms with E-state index in [1.54, 1.807) is 12.1 Å². The number of nitrogens with zero attached hydrogens (tertiary/aromatic N) is 1. The van der Waals surface area contributed by atoms with Crippen LogP contribution >= 0.6 is 0 Å². The van der Waals surface area contributed by atoms with Gasteiger partial charge >= 0.3 is 0 Å². The van der Waals surface area contributed by atoms with Gasteiger partial charge in [0.2, 0.25) is 0 Å². The van der Waals surface area contributed by atoms with Gasteiger partial charge in [-0.05, 0) is 37.4 Å². The molecule has 110 valence electrons. The first kappa shape index (κ1) is 15.2. The lowest BCUT2D eigenvalue weighted by atomic mass is 10.1. The van der Waals surface area contributed by atoms with Crippen LogP contribution in [0.1, 0.15) is 18.1 Å². The molecule has 0 aliphatic carbocycles. The lowest BCUT2D eigenvalue weighted by Crippen LogP contribution is -2.29. The van der Waals surface area contributed by atoms with Crippen LogP contribution in [0.4, 0.5) is 5.69 Å². The van der Waals surface area contributed by atoms with E-state index in [1.165, 1.54) is 5.56 Å². The summed E-state index contributed by atoms with van der Waals surface area (Å²) in [7, 11) is 0. The zero-order valence-corrected chi connectivity index (χ0v) is 12.2. The molecule has 0 bridgehead atoms. The predicted octanol–water partition coefficient (Wildman–Crippen LogP) is 3.36. The maximum atomic E-state index is 10.6. The summed E-state index contributed by atoms with van der Waals surface area (Å²) in [4.78, 5) is 10.2. The van der Waals surface area contributed by atoms with Crippen molar-refractivity contribution < 1.29 is 4.92 Å². The van der Waals surface area contributed by atoms with Gasteiger partial charge in [-0.1, -0.05) is 42.5 Å². The van der Waals surface area contributed by atoms with Crippen molar-refractivity contribution in [2.24, 2.45) is 0 Å². The maximum absolute atomic E-state index is 10.6. The Kier molecular flexibility index (Phi) is 5.46. The van der Waals surface area contributed by atoms with Gasteiger partial charge in [0.1, 0.15) is 0 Å². The summed E-state index contributed by atoms with van der Waals surface area (Å²) in [6.07, 6.45) is 1.87. The molecular formula is C17H20N2O2. The molecule has 4 nitrogen and oxygen atoms in total. The molecule has 0 fully saturated rings. The first-order valence-electron chi connectivity index (χ1n) is 7.16. The summed E-state index contributed by atoms with van der Waals surface area (Å²) in [5.74, 6) is 0. The molecule has 0 aliphatic heterocycles. The molecule has 21 heavy (non-hydrogen) atoms. The number of hydrogen-bond acceptors (Lipinski definition) is 3. The molecule has 1 unspecified atom stereocenters. The normalized spacial score (nSPS) is 12.0.